The molecule has 0 aliphatic carbocycles. The van der Waals surface area contributed by atoms with Gasteiger partial charge in [0.15, 0.2) is 0 Å². The second kappa shape index (κ2) is 8.79. The van der Waals surface area contributed by atoms with Crippen molar-refractivity contribution in [3.8, 4) is 0 Å². The van der Waals surface area contributed by atoms with E-state index in [0.717, 1.165) is 12.0 Å². The molecule has 6 heteroatoms. The van der Waals surface area contributed by atoms with Gasteiger partial charge in [-0.2, -0.15) is 0 Å². The molecule has 0 aliphatic heterocycles. The Morgan fingerprint density at radius 2 is 2.05 bits per heavy atom. The maximum atomic E-state index is 11.8. The fourth-order valence-corrected chi connectivity index (χ4v) is 1.91. The maximum Gasteiger partial charge on any atom is 0.315 e. The van der Waals surface area contributed by atoms with Crippen molar-refractivity contribution in [1.29, 1.82) is 0 Å². The van der Waals surface area contributed by atoms with E-state index in [1.165, 1.54) is 7.11 Å². The fraction of sp³-hybridized carbons (Fsp3) is 0.500. The molecular formula is C14H21ClN2O3. The van der Waals surface area contributed by atoms with Crippen LogP contribution in [0.4, 0.5) is 4.79 Å². The zero-order valence-electron chi connectivity index (χ0n) is 11.7. The van der Waals surface area contributed by atoms with Gasteiger partial charge in [0.2, 0.25) is 0 Å². The summed E-state index contributed by atoms with van der Waals surface area (Å²) in [5, 5.41) is 15.6. The number of hydrogen-bond acceptors (Lipinski definition) is 3. The molecule has 112 valence electrons. The van der Waals surface area contributed by atoms with Gasteiger partial charge in [-0.1, -0.05) is 30.7 Å². The van der Waals surface area contributed by atoms with Crippen LogP contribution in [0, 0.1) is 0 Å². The van der Waals surface area contributed by atoms with Crippen LogP contribution >= 0.6 is 11.6 Å². The molecule has 1 rings (SSSR count). The number of urea groups is 1. The van der Waals surface area contributed by atoms with Crippen molar-refractivity contribution in [3.63, 3.8) is 0 Å². The molecule has 1 aromatic carbocycles. The van der Waals surface area contributed by atoms with Gasteiger partial charge in [-0.15, -0.1) is 0 Å². The third-order valence-corrected chi connectivity index (χ3v) is 3.10. The third kappa shape index (κ3) is 5.77. The summed E-state index contributed by atoms with van der Waals surface area (Å²) >= 11 is 5.84. The summed E-state index contributed by atoms with van der Waals surface area (Å²) < 4.78 is 4.78. The Bertz CT molecular complexity index is 411. The first-order valence-corrected chi connectivity index (χ1v) is 6.91. The predicted molar refractivity (Wildman–Crippen MR) is 78.9 cm³/mol. The number of methoxy groups -OCH3 is 1. The summed E-state index contributed by atoms with van der Waals surface area (Å²) in [4.78, 5) is 11.8. The number of nitrogens with one attached hydrogen (secondary N) is 2. The van der Waals surface area contributed by atoms with Crippen LogP contribution in [0.1, 0.15) is 24.9 Å². The Morgan fingerprint density at radius 3 is 2.60 bits per heavy atom. The number of halogens is 1. The molecule has 0 saturated carbocycles. The van der Waals surface area contributed by atoms with Crippen molar-refractivity contribution in [2.75, 3.05) is 20.3 Å². The van der Waals surface area contributed by atoms with Crippen molar-refractivity contribution >= 4 is 17.6 Å². The standard InChI is InChI=1S/C14H21ClN2O3/c1-3-13(10-4-6-11(15)7-5-10)17-14(19)16-8-12(18)9-20-2/h4-7,12-13,18H,3,8-9H2,1-2H3,(H2,16,17,19). The third-order valence-electron chi connectivity index (χ3n) is 2.84. The second-order valence-corrected chi connectivity index (χ2v) is 4.91. The van der Waals surface area contributed by atoms with Gasteiger partial charge < -0.3 is 20.5 Å². The monoisotopic (exact) mass is 300 g/mol. The first-order valence-electron chi connectivity index (χ1n) is 6.53. The van der Waals surface area contributed by atoms with Gasteiger partial charge in [-0.05, 0) is 24.1 Å². The highest BCUT2D eigenvalue weighted by atomic mass is 35.5. The molecule has 0 aliphatic rings. The molecule has 1 aromatic rings. The average molecular weight is 301 g/mol. The number of hydrogen-bond donors (Lipinski definition) is 3. The van der Waals surface area contributed by atoms with E-state index in [1.54, 1.807) is 12.1 Å². The van der Waals surface area contributed by atoms with E-state index in [2.05, 4.69) is 10.6 Å². The molecule has 2 atom stereocenters. The molecule has 0 aromatic heterocycles. The molecule has 0 heterocycles. The fourth-order valence-electron chi connectivity index (χ4n) is 1.79. The highest BCUT2D eigenvalue weighted by Gasteiger charge is 2.13. The minimum atomic E-state index is -0.707. The van der Waals surface area contributed by atoms with Crippen LogP contribution in [-0.4, -0.2) is 37.5 Å². The molecule has 0 radical (unpaired) electrons. The first kappa shape index (κ1) is 16.8. The SMILES string of the molecule is CCC(NC(=O)NCC(O)COC)c1ccc(Cl)cc1. The quantitative estimate of drug-likeness (QED) is 0.722. The molecule has 0 saturated heterocycles. The number of ether oxygens (including phenoxy) is 1. The van der Waals surface area contributed by atoms with E-state index < -0.39 is 6.10 Å². The molecule has 0 fully saturated rings. The Morgan fingerprint density at radius 1 is 1.40 bits per heavy atom. The topological polar surface area (TPSA) is 70.6 Å². The molecule has 2 amide bonds. The molecular weight excluding hydrogens is 280 g/mol. The Hall–Kier alpha value is -1.30. The number of benzene rings is 1. The molecule has 0 spiro atoms. The van der Waals surface area contributed by atoms with Crippen molar-refractivity contribution in [2.45, 2.75) is 25.5 Å². The van der Waals surface area contributed by atoms with Crippen molar-refractivity contribution in [1.82, 2.24) is 10.6 Å². The summed E-state index contributed by atoms with van der Waals surface area (Å²) in [7, 11) is 1.50. The minimum absolute atomic E-state index is 0.0909. The van der Waals surface area contributed by atoms with E-state index in [-0.39, 0.29) is 25.2 Å². The summed E-state index contributed by atoms with van der Waals surface area (Å²) in [6, 6.07) is 6.95. The molecule has 2 unspecified atom stereocenters. The van der Waals surface area contributed by atoms with Crippen molar-refractivity contribution in [3.05, 3.63) is 34.9 Å². The largest absolute Gasteiger partial charge is 0.389 e. The van der Waals surface area contributed by atoms with Crippen LogP contribution in [-0.2, 0) is 4.74 Å². The van der Waals surface area contributed by atoms with Crippen LogP contribution in [0.25, 0.3) is 0 Å². The van der Waals surface area contributed by atoms with Gasteiger partial charge >= 0.3 is 6.03 Å². The first-order chi connectivity index (χ1) is 9.56. The summed E-state index contributed by atoms with van der Waals surface area (Å²) in [5.41, 5.74) is 0.990. The number of aliphatic hydroxyl groups is 1. The average Bonchev–Trinajstić information content (AvgIpc) is 2.44. The Balaban J connectivity index is 2.47. The number of carbonyl (C=O) groups is 1. The predicted octanol–water partition coefficient (Wildman–Crippen LogP) is 2.10. The van der Waals surface area contributed by atoms with E-state index in [4.69, 9.17) is 16.3 Å². The summed E-state index contributed by atoms with van der Waals surface area (Å²) in [5.74, 6) is 0. The van der Waals surface area contributed by atoms with E-state index in [0.29, 0.717) is 5.02 Å². The van der Waals surface area contributed by atoms with Gasteiger partial charge in [0, 0.05) is 18.7 Å². The summed E-state index contributed by atoms with van der Waals surface area (Å²) in [6.45, 7) is 2.32. The molecule has 20 heavy (non-hydrogen) atoms. The number of aliphatic hydroxyl groups excluding tert-OH is 1. The highest BCUT2D eigenvalue weighted by Crippen LogP contribution is 2.18. The Labute approximate surface area is 124 Å². The van der Waals surface area contributed by atoms with Crippen LogP contribution in [0.15, 0.2) is 24.3 Å². The van der Waals surface area contributed by atoms with E-state index in [1.807, 2.05) is 19.1 Å². The smallest absolute Gasteiger partial charge is 0.315 e. The van der Waals surface area contributed by atoms with Crippen LogP contribution in [0.5, 0.6) is 0 Å². The minimum Gasteiger partial charge on any atom is -0.389 e. The lowest BCUT2D eigenvalue weighted by Gasteiger charge is -2.19. The number of amides is 2. The summed E-state index contributed by atoms with van der Waals surface area (Å²) in [6.07, 6.45) is 0.0525. The lowest BCUT2D eigenvalue weighted by molar-refractivity contribution is 0.0659. The molecule has 5 nitrogen and oxygen atoms in total. The zero-order valence-corrected chi connectivity index (χ0v) is 12.5. The molecule has 3 N–H and O–H groups in total. The highest BCUT2D eigenvalue weighted by molar-refractivity contribution is 6.30. The lowest BCUT2D eigenvalue weighted by Crippen LogP contribution is -2.42. The lowest BCUT2D eigenvalue weighted by atomic mass is 10.1. The van der Waals surface area contributed by atoms with Crippen LogP contribution in [0.2, 0.25) is 5.02 Å². The van der Waals surface area contributed by atoms with Crippen LogP contribution < -0.4 is 10.6 Å². The van der Waals surface area contributed by atoms with Crippen molar-refractivity contribution < 1.29 is 14.6 Å². The van der Waals surface area contributed by atoms with E-state index >= 15 is 0 Å². The van der Waals surface area contributed by atoms with Crippen LogP contribution in [0.3, 0.4) is 0 Å². The number of rotatable bonds is 7. The van der Waals surface area contributed by atoms with Gasteiger partial charge in [0.1, 0.15) is 0 Å². The van der Waals surface area contributed by atoms with E-state index in [9.17, 15) is 9.90 Å². The Kier molecular flexibility index (Phi) is 7.36. The van der Waals surface area contributed by atoms with Crippen molar-refractivity contribution in [2.24, 2.45) is 0 Å². The zero-order chi connectivity index (χ0) is 15.0. The van der Waals surface area contributed by atoms with Gasteiger partial charge in [-0.25, -0.2) is 4.79 Å². The maximum absolute atomic E-state index is 11.8. The normalized spacial score (nSPS) is 13.6. The number of carbonyl (C=O) groups excluding carboxylic acids is 1. The van der Waals surface area contributed by atoms with Gasteiger partial charge in [-0.3, -0.25) is 0 Å². The van der Waals surface area contributed by atoms with Gasteiger partial charge in [0.25, 0.3) is 0 Å². The molecule has 0 bridgehead atoms. The second-order valence-electron chi connectivity index (χ2n) is 4.48. The van der Waals surface area contributed by atoms with Gasteiger partial charge in [0.05, 0.1) is 18.8 Å².